The number of nitrogens with two attached hydrogens (primary N) is 1. The lowest BCUT2D eigenvalue weighted by atomic mass is 9.82. The molecule has 3 rings (SSSR count). The molecule has 1 heterocycles. The predicted molar refractivity (Wildman–Crippen MR) is 62.2 cm³/mol. The molecule has 2 aliphatic rings. The largest absolute Gasteiger partial charge is 0.486 e. The molecule has 1 aromatic rings. The number of fused-ring (bicyclic) bond motifs is 2. The molecular formula is C13H17NO2. The molecule has 0 radical (unpaired) electrons. The van der Waals surface area contributed by atoms with E-state index in [1.807, 2.05) is 0 Å². The molecule has 1 aromatic carbocycles. The number of benzene rings is 1. The van der Waals surface area contributed by atoms with E-state index in [2.05, 4.69) is 12.1 Å². The lowest BCUT2D eigenvalue weighted by Crippen LogP contribution is -2.20. The summed E-state index contributed by atoms with van der Waals surface area (Å²) in [6, 6.07) is 4.28. The first-order chi connectivity index (χ1) is 7.88. The van der Waals surface area contributed by atoms with E-state index in [9.17, 15) is 0 Å². The van der Waals surface area contributed by atoms with Crippen molar-refractivity contribution in [2.24, 2.45) is 5.73 Å². The van der Waals surface area contributed by atoms with E-state index >= 15 is 0 Å². The van der Waals surface area contributed by atoms with E-state index in [4.69, 9.17) is 15.2 Å². The van der Waals surface area contributed by atoms with Gasteiger partial charge in [-0.25, -0.2) is 0 Å². The van der Waals surface area contributed by atoms with Gasteiger partial charge in [-0.1, -0.05) is 0 Å². The number of rotatable bonds is 1. The van der Waals surface area contributed by atoms with Gasteiger partial charge in [-0.15, -0.1) is 0 Å². The fourth-order valence-electron chi connectivity index (χ4n) is 2.68. The molecule has 16 heavy (non-hydrogen) atoms. The Bertz CT molecular complexity index is 403. The van der Waals surface area contributed by atoms with Crippen molar-refractivity contribution >= 4 is 0 Å². The highest BCUT2D eigenvalue weighted by atomic mass is 16.6. The van der Waals surface area contributed by atoms with E-state index in [1.165, 1.54) is 24.0 Å². The van der Waals surface area contributed by atoms with Crippen LogP contribution in [0.15, 0.2) is 12.1 Å². The van der Waals surface area contributed by atoms with Gasteiger partial charge in [-0.2, -0.15) is 0 Å². The summed E-state index contributed by atoms with van der Waals surface area (Å²) in [5, 5.41) is 0. The molecule has 0 aromatic heterocycles. The minimum atomic E-state index is 0.500. The minimum absolute atomic E-state index is 0.500. The van der Waals surface area contributed by atoms with Crippen LogP contribution in [0.25, 0.3) is 0 Å². The molecule has 0 fully saturated rings. The maximum Gasteiger partial charge on any atom is 0.161 e. The molecule has 0 amide bonds. The smallest absolute Gasteiger partial charge is 0.161 e. The molecule has 2 N–H and O–H groups in total. The monoisotopic (exact) mass is 219 g/mol. The SMILES string of the molecule is NCC1CCCc2cc3c(cc21)OCCO3. The third-order valence-corrected chi connectivity index (χ3v) is 3.53. The molecule has 0 spiro atoms. The number of hydrogen-bond donors (Lipinski definition) is 1. The second kappa shape index (κ2) is 3.98. The van der Waals surface area contributed by atoms with Gasteiger partial charge in [-0.3, -0.25) is 0 Å². The van der Waals surface area contributed by atoms with Gasteiger partial charge in [0.2, 0.25) is 0 Å². The van der Waals surface area contributed by atoms with E-state index in [-0.39, 0.29) is 0 Å². The zero-order chi connectivity index (χ0) is 11.0. The summed E-state index contributed by atoms with van der Waals surface area (Å²) < 4.78 is 11.2. The van der Waals surface area contributed by atoms with Crippen LogP contribution in [0, 0.1) is 0 Å². The molecule has 0 saturated heterocycles. The highest BCUT2D eigenvalue weighted by Gasteiger charge is 2.23. The van der Waals surface area contributed by atoms with Crippen molar-refractivity contribution in [3.63, 3.8) is 0 Å². The van der Waals surface area contributed by atoms with E-state index in [0.717, 1.165) is 24.5 Å². The maximum atomic E-state index is 5.82. The average molecular weight is 219 g/mol. The zero-order valence-corrected chi connectivity index (χ0v) is 9.37. The van der Waals surface area contributed by atoms with Crippen LogP contribution in [-0.2, 0) is 6.42 Å². The zero-order valence-electron chi connectivity index (χ0n) is 9.37. The second-order valence-corrected chi connectivity index (χ2v) is 4.52. The van der Waals surface area contributed by atoms with Crippen LogP contribution in [0.2, 0.25) is 0 Å². The average Bonchev–Trinajstić information content (AvgIpc) is 2.35. The van der Waals surface area contributed by atoms with Crippen LogP contribution < -0.4 is 15.2 Å². The van der Waals surface area contributed by atoms with Gasteiger partial charge in [0.05, 0.1) is 0 Å². The molecule has 1 atom stereocenters. The van der Waals surface area contributed by atoms with E-state index in [0.29, 0.717) is 19.1 Å². The first-order valence-electron chi connectivity index (χ1n) is 6.01. The fraction of sp³-hybridized carbons (Fsp3) is 0.538. The van der Waals surface area contributed by atoms with Crippen LogP contribution in [0.4, 0.5) is 0 Å². The van der Waals surface area contributed by atoms with Gasteiger partial charge in [0.15, 0.2) is 11.5 Å². The Balaban J connectivity index is 2.05. The molecule has 1 aliphatic heterocycles. The molecule has 3 nitrogen and oxygen atoms in total. The second-order valence-electron chi connectivity index (χ2n) is 4.52. The third-order valence-electron chi connectivity index (χ3n) is 3.53. The summed E-state index contributed by atoms with van der Waals surface area (Å²) in [7, 11) is 0. The van der Waals surface area contributed by atoms with Crippen molar-refractivity contribution in [3.8, 4) is 11.5 Å². The first-order valence-corrected chi connectivity index (χ1v) is 6.01. The van der Waals surface area contributed by atoms with Crippen molar-refractivity contribution in [3.05, 3.63) is 23.3 Å². The molecular weight excluding hydrogens is 202 g/mol. The van der Waals surface area contributed by atoms with Crippen LogP contribution in [0.3, 0.4) is 0 Å². The van der Waals surface area contributed by atoms with Gasteiger partial charge in [0, 0.05) is 0 Å². The molecule has 1 aliphatic carbocycles. The Morgan fingerprint density at radius 2 is 1.94 bits per heavy atom. The van der Waals surface area contributed by atoms with Crippen molar-refractivity contribution in [1.82, 2.24) is 0 Å². The summed E-state index contributed by atoms with van der Waals surface area (Å²) in [4.78, 5) is 0. The topological polar surface area (TPSA) is 44.5 Å². The minimum Gasteiger partial charge on any atom is -0.486 e. The molecule has 0 saturated carbocycles. The summed E-state index contributed by atoms with van der Waals surface area (Å²) >= 11 is 0. The number of hydrogen-bond acceptors (Lipinski definition) is 3. The quantitative estimate of drug-likeness (QED) is 0.783. The van der Waals surface area contributed by atoms with Gasteiger partial charge >= 0.3 is 0 Å². The summed E-state index contributed by atoms with van der Waals surface area (Å²) in [6.07, 6.45) is 3.57. The Labute approximate surface area is 95.5 Å². The molecule has 1 unspecified atom stereocenters. The lowest BCUT2D eigenvalue weighted by molar-refractivity contribution is 0.171. The number of aryl methyl sites for hydroxylation is 1. The van der Waals surface area contributed by atoms with Crippen molar-refractivity contribution in [1.29, 1.82) is 0 Å². The van der Waals surface area contributed by atoms with Crippen LogP contribution in [0.5, 0.6) is 11.5 Å². The first kappa shape index (κ1) is 9.97. The van der Waals surface area contributed by atoms with E-state index in [1.54, 1.807) is 0 Å². The normalized spacial score (nSPS) is 22.7. The number of ether oxygens (including phenoxy) is 2. The van der Waals surface area contributed by atoms with Crippen LogP contribution in [-0.4, -0.2) is 19.8 Å². The molecule has 86 valence electrons. The Morgan fingerprint density at radius 3 is 2.69 bits per heavy atom. The van der Waals surface area contributed by atoms with Crippen molar-refractivity contribution in [2.45, 2.75) is 25.2 Å². The van der Waals surface area contributed by atoms with Crippen molar-refractivity contribution < 1.29 is 9.47 Å². The lowest BCUT2D eigenvalue weighted by Gasteiger charge is -2.27. The maximum absolute atomic E-state index is 5.82. The fourth-order valence-corrected chi connectivity index (χ4v) is 2.68. The Hall–Kier alpha value is -1.22. The summed E-state index contributed by atoms with van der Waals surface area (Å²) in [5.74, 6) is 2.30. The van der Waals surface area contributed by atoms with Crippen molar-refractivity contribution in [2.75, 3.05) is 19.8 Å². The highest BCUT2D eigenvalue weighted by Crippen LogP contribution is 2.39. The summed E-state index contributed by atoms with van der Waals surface area (Å²) in [6.45, 7) is 2.04. The van der Waals surface area contributed by atoms with Gasteiger partial charge < -0.3 is 15.2 Å². The molecule has 3 heteroatoms. The third kappa shape index (κ3) is 1.55. The Kier molecular flexibility index (Phi) is 2.48. The van der Waals surface area contributed by atoms with Crippen LogP contribution >= 0.6 is 0 Å². The van der Waals surface area contributed by atoms with Gasteiger partial charge in [0.1, 0.15) is 13.2 Å². The van der Waals surface area contributed by atoms with Gasteiger partial charge in [-0.05, 0) is 55.0 Å². The van der Waals surface area contributed by atoms with E-state index < -0.39 is 0 Å². The van der Waals surface area contributed by atoms with Gasteiger partial charge in [0.25, 0.3) is 0 Å². The van der Waals surface area contributed by atoms with Crippen LogP contribution in [0.1, 0.15) is 29.9 Å². The highest BCUT2D eigenvalue weighted by molar-refractivity contribution is 5.50. The molecule has 0 bridgehead atoms. The predicted octanol–water partition coefficient (Wildman–Crippen LogP) is 1.84. The standard InChI is InChI=1S/C13H17NO2/c14-8-10-3-1-2-9-6-12-13(7-11(9)10)16-5-4-15-12/h6-7,10H,1-5,8,14H2. The summed E-state index contributed by atoms with van der Waals surface area (Å²) in [5.41, 5.74) is 8.59. The Morgan fingerprint density at radius 1 is 1.19 bits per heavy atom.